The van der Waals surface area contributed by atoms with E-state index in [1.165, 1.54) is 32.1 Å². The Morgan fingerprint density at radius 1 is 1.04 bits per heavy atom. The van der Waals surface area contributed by atoms with E-state index in [9.17, 15) is 4.79 Å². The summed E-state index contributed by atoms with van der Waals surface area (Å²) in [5, 5.41) is 3.29. The SMILES string of the molecule is O=C(NC1CCCCCCC1)N1CCC[C@@H](c2nc3ccccc3o2)C1. The number of para-hydroxylation sites is 2. The molecule has 0 radical (unpaired) electrons. The van der Waals surface area contributed by atoms with Crippen molar-refractivity contribution >= 4 is 17.1 Å². The highest BCUT2D eigenvalue weighted by molar-refractivity contribution is 5.75. The smallest absolute Gasteiger partial charge is 0.317 e. The summed E-state index contributed by atoms with van der Waals surface area (Å²) in [5.74, 6) is 0.967. The number of likely N-dealkylation sites (tertiary alicyclic amines) is 1. The molecule has 1 saturated heterocycles. The molecule has 26 heavy (non-hydrogen) atoms. The van der Waals surface area contributed by atoms with Crippen molar-refractivity contribution in [2.75, 3.05) is 13.1 Å². The molecule has 1 N–H and O–H groups in total. The van der Waals surface area contributed by atoms with Crippen LogP contribution in [0.3, 0.4) is 0 Å². The monoisotopic (exact) mass is 355 g/mol. The van der Waals surface area contributed by atoms with Crippen molar-refractivity contribution in [1.29, 1.82) is 0 Å². The van der Waals surface area contributed by atoms with Gasteiger partial charge in [0.25, 0.3) is 0 Å². The summed E-state index contributed by atoms with van der Waals surface area (Å²) in [6.07, 6.45) is 10.7. The summed E-state index contributed by atoms with van der Waals surface area (Å²) in [6.45, 7) is 1.53. The molecule has 5 heteroatoms. The van der Waals surface area contributed by atoms with Crippen LogP contribution in [0.5, 0.6) is 0 Å². The predicted octanol–water partition coefficient (Wildman–Crippen LogP) is 4.83. The molecule has 2 aromatic rings. The summed E-state index contributed by atoms with van der Waals surface area (Å²) in [5.41, 5.74) is 1.73. The molecule has 2 heterocycles. The Labute approximate surface area is 155 Å². The zero-order valence-electron chi connectivity index (χ0n) is 15.5. The maximum absolute atomic E-state index is 12.8. The Balaban J connectivity index is 1.38. The highest BCUT2D eigenvalue weighted by atomic mass is 16.3. The van der Waals surface area contributed by atoms with Crippen LogP contribution in [-0.2, 0) is 0 Å². The molecule has 5 nitrogen and oxygen atoms in total. The summed E-state index contributed by atoms with van der Waals surface area (Å²) in [6, 6.07) is 8.30. The fraction of sp³-hybridized carbons (Fsp3) is 0.619. The lowest BCUT2D eigenvalue weighted by Crippen LogP contribution is -2.48. The van der Waals surface area contributed by atoms with Crippen LogP contribution in [0.2, 0.25) is 0 Å². The van der Waals surface area contributed by atoms with Crippen LogP contribution in [0, 0.1) is 0 Å². The number of rotatable bonds is 2. The third-order valence-electron chi connectivity index (χ3n) is 5.80. The average Bonchev–Trinajstić information content (AvgIpc) is 3.08. The first-order valence-electron chi connectivity index (χ1n) is 10.2. The Morgan fingerprint density at radius 2 is 1.81 bits per heavy atom. The number of nitrogens with zero attached hydrogens (tertiary/aromatic N) is 2. The third-order valence-corrected chi connectivity index (χ3v) is 5.80. The average molecular weight is 355 g/mol. The molecule has 0 bridgehead atoms. The number of urea groups is 1. The maximum atomic E-state index is 12.8. The molecule has 0 unspecified atom stereocenters. The second-order valence-electron chi connectivity index (χ2n) is 7.80. The fourth-order valence-electron chi connectivity index (χ4n) is 4.29. The van der Waals surface area contributed by atoms with Crippen LogP contribution in [0.1, 0.15) is 69.6 Å². The third kappa shape index (κ3) is 4.02. The van der Waals surface area contributed by atoms with E-state index < -0.39 is 0 Å². The van der Waals surface area contributed by atoms with Crippen LogP contribution < -0.4 is 5.32 Å². The number of oxazole rings is 1. The van der Waals surface area contributed by atoms with Gasteiger partial charge in [-0.05, 0) is 37.8 Å². The van der Waals surface area contributed by atoms with Gasteiger partial charge < -0.3 is 14.6 Å². The zero-order chi connectivity index (χ0) is 17.8. The van der Waals surface area contributed by atoms with Crippen molar-refractivity contribution < 1.29 is 9.21 Å². The zero-order valence-corrected chi connectivity index (χ0v) is 15.5. The highest BCUT2D eigenvalue weighted by Gasteiger charge is 2.29. The number of amides is 2. The van der Waals surface area contributed by atoms with Crippen molar-refractivity contribution in [3.05, 3.63) is 30.2 Å². The van der Waals surface area contributed by atoms with Crippen LogP contribution in [-0.4, -0.2) is 35.0 Å². The quantitative estimate of drug-likeness (QED) is 0.839. The standard InChI is InChI=1S/C21H29N3O2/c25-21(22-17-10-4-2-1-3-5-11-17)24-14-8-9-16(15-24)20-23-18-12-6-7-13-19(18)26-20/h6-7,12-13,16-17H,1-5,8-11,14-15H2,(H,22,25)/t16-/m1/s1. The van der Waals surface area contributed by atoms with Crippen molar-refractivity contribution in [2.45, 2.75) is 69.7 Å². The molecule has 140 valence electrons. The molecule has 4 rings (SSSR count). The van der Waals surface area contributed by atoms with E-state index in [0.717, 1.165) is 49.2 Å². The van der Waals surface area contributed by atoms with Gasteiger partial charge in [-0.2, -0.15) is 0 Å². The van der Waals surface area contributed by atoms with Crippen LogP contribution >= 0.6 is 0 Å². The van der Waals surface area contributed by atoms with E-state index >= 15 is 0 Å². The molecular weight excluding hydrogens is 326 g/mol. The van der Waals surface area contributed by atoms with Crippen LogP contribution in [0.15, 0.2) is 28.7 Å². The number of aromatic nitrogens is 1. The maximum Gasteiger partial charge on any atom is 0.317 e. The minimum atomic E-state index is 0.0939. The second-order valence-corrected chi connectivity index (χ2v) is 7.80. The molecule has 1 atom stereocenters. The van der Waals surface area contributed by atoms with E-state index in [1.807, 2.05) is 29.2 Å². The van der Waals surface area contributed by atoms with Gasteiger partial charge in [0, 0.05) is 19.1 Å². The Morgan fingerprint density at radius 3 is 2.62 bits per heavy atom. The number of nitrogens with one attached hydrogen (secondary N) is 1. The van der Waals surface area contributed by atoms with Gasteiger partial charge in [0.2, 0.25) is 0 Å². The Hall–Kier alpha value is -2.04. The first kappa shape index (κ1) is 17.4. The Bertz CT molecular complexity index is 701. The van der Waals surface area contributed by atoms with E-state index in [4.69, 9.17) is 4.42 Å². The molecule has 1 aliphatic heterocycles. The van der Waals surface area contributed by atoms with E-state index in [1.54, 1.807) is 0 Å². The Kier molecular flexibility index (Phi) is 5.42. The van der Waals surface area contributed by atoms with Gasteiger partial charge in [-0.15, -0.1) is 0 Å². The van der Waals surface area contributed by atoms with E-state index in [2.05, 4.69) is 10.3 Å². The van der Waals surface area contributed by atoms with Crippen LogP contribution in [0.4, 0.5) is 4.79 Å². The van der Waals surface area contributed by atoms with E-state index in [-0.39, 0.29) is 11.9 Å². The largest absolute Gasteiger partial charge is 0.440 e. The second kappa shape index (κ2) is 8.11. The highest BCUT2D eigenvalue weighted by Crippen LogP contribution is 2.29. The minimum Gasteiger partial charge on any atom is -0.440 e. The van der Waals surface area contributed by atoms with Crippen molar-refractivity contribution in [2.24, 2.45) is 0 Å². The number of carbonyl (C=O) groups is 1. The molecule has 1 saturated carbocycles. The summed E-state index contributed by atoms with van der Waals surface area (Å²) >= 11 is 0. The van der Waals surface area contributed by atoms with Gasteiger partial charge in [0.05, 0.1) is 5.92 Å². The van der Waals surface area contributed by atoms with Gasteiger partial charge in [-0.3, -0.25) is 0 Å². The van der Waals surface area contributed by atoms with Gasteiger partial charge in [0.1, 0.15) is 5.52 Å². The lowest BCUT2D eigenvalue weighted by atomic mass is 9.96. The molecule has 2 amide bonds. The minimum absolute atomic E-state index is 0.0939. The van der Waals surface area contributed by atoms with Crippen molar-refractivity contribution in [3.8, 4) is 0 Å². The first-order chi connectivity index (χ1) is 12.8. The molecule has 2 aliphatic rings. The summed E-state index contributed by atoms with van der Waals surface area (Å²) < 4.78 is 5.95. The topological polar surface area (TPSA) is 58.4 Å². The molecule has 0 spiro atoms. The predicted molar refractivity (Wildman–Crippen MR) is 102 cm³/mol. The van der Waals surface area contributed by atoms with Crippen LogP contribution in [0.25, 0.3) is 11.1 Å². The molecule has 1 aromatic carbocycles. The normalized spacial score (nSPS) is 22.8. The van der Waals surface area contributed by atoms with Crippen molar-refractivity contribution in [1.82, 2.24) is 15.2 Å². The lowest BCUT2D eigenvalue weighted by molar-refractivity contribution is 0.169. The van der Waals surface area contributed by atoms with Gasteiger partial charge in [-0.25, -0.2) is 9.78 Å². The summed E-state index contributed by atoms with van der Waals surface area (Å²) in [4.78, 5) is 19.4. The van der Waals surface area contributed by atoms with Crippen molar-refractivity contribution in [3.63, 3.8) is 0 Å². The van der Waals surface area contributed by atoms with Gasteiger partial charge in [-0.1, -0.05) is 44.2 Å². The fourth-order valence-corrected chi connectivity index (χ4v) is 4.29. The lowest BCUT2D eigenvalue weighted by Gasteiger charge is -2.33. The number of carbonyl (C=O) groups excluding carboxylic acids is 1. The summed E-state index contributed by atoms with van der Waals surface area (Å²) in [7, 11) is 0. The first-order valence-corrected chi connectivity index (χ1v) is 10.2. The molecular formula is C21H29N3O2. The number of piperidine rings is 1. The number of hydrogen-bond donors (Lipinski definition) is 1. The number of hydrogen-bond acceptors (Lipinski definition) is 3. The van der Waals surface area contributed by atoms with Gasteiger partial charge in [0.15, 0.2) is 11.5 Å². The van der Waals surface area contributed by atoms with E-state index in [0.29, 0.717) is 12.6 Å². The number of benzene rings is 1. The molecule has 2 fully saturated rings. The molecule has 1 aromatic heterocycles. The van der Waals surface area contributed by atoms with Gasteiger partial charge >= 0.3 is 6.03 Å². The number of fused-ring (bicyclic) bond motifs is 1. The molecule has 1 aliphatic carbocycles.